The second kappa shape index (κ2) is 6.17. The quantitative estimate of drug-likeness (QED) is 0.874. The van der Waals surface area contributed by atoms with E-state index in [1.165, 1.54) is 18.2 Å². The lowest BCUT2D eigenvalue weighted by Crippen LogP contribution is -2.21. The van der Waals surface area contributed by atoms with Gasteiger partial charge in [-0.3, -0.25) is 4.79 Å². The lowest BCUT2D eigenvalue weighted by Gasteiger charge is -2.06. The first-order valence-electron chi connectivity index (χ1n) is 6.13. The largest absolute Gasteiger partial charge is 0.452 e. The number of rotatable bonds is 4. The molecule has 0 atom stereocenters. The zero-order valence-corrected chi connectivity index (χ0v) is 11.5. The molecule has 0 saturated carbocycles. The molecule has 1 N–H and O–H groups in total. The molecule has 1 aromatic carbocycles. The van der Waals surface area contributed by atoms with E-state index >= 15 is 0 Å². The van der Waals surface area contributed by atoms with Gasteiger partial charge in [-0.05, 0) is 32.0 Å². The van der Waals surface area contributed by atoms with Gasteiger partial charge >= 0.3 is 5.97 Å². The van der Waals surface area contributed by atoms with Crippen LogP contribution in [0.25, 0.3) is 0 Å². The second-order valence-corrected chi connectivity index (χ2v) is 4.33. The van der Waals surface area contributed by atoms with Crippen LogP contribution in [-0.4, -0.2) is 23.6 Å². The molecule has 0 saturated heterocycles. The molecule has 0 aliphatic rings. The van der Waals surface area contributed by atoms with Gasteiger partial charge < -0.3 is 14.6 Å². The first-order chi connectivity index (χ1) is 9.97. The zero-order valence-electron chi connectivity index (χ0n) is 11.5. The van der Waals surface area contributed by atoms with E-state index in [9.17, 15) is 14.0 Å². The molecule has 6 nitrogen and oxygen atoms in total. The molecular formula is C14H13FN2O4. The Labute approximate surface area is 119 Å². The van der Waals surface area contributed by atoms with Crippen LogP contribution < -0.4 is 5.32 Å². The summed E-state index contributed by atoms with van der Waals surface area (Å²) in [4.78, 5) is 23.4. The van der Waals surface area contributed by atoms with Gasteiger partial charge in [0.15, 0.2) is 6.61 Å². The number of halogens is 1. The summed E-state index contributed by atoms with van der Waals surface area (Å²) < 4.78 is 22.7. The van der Waals surface area contributed by atoms with Crippen molar-refractivity contribution in [3.63, 3.8) is 0 Å². The number of anilines is 1. The Balaban J connectivity index is 1.91. The minimum Gasteiger partial charge on any atom is -0.452 e. The van der Waals surface area contributed by atoms with Gasteiger partial charge in [0, 0.05) is 5.69 Å². The van der Waals surface area contributed by atoms with Gasteiger partial charge in [-0.2, -0.15) is 0 Å². The number of nitrogens with zero attached hydrogens (tertiary/aromatic N) is 1. The first kappa shape index (κ1) is 14.7. The molecule has 21 heavy (non-hydrogen) atoms. The number of aromatic nitrogens is 1. The van der Waals surface area contributed by atoms with Gasteiger partial charge in [0.2, 0.25) is 0 Å². The van der Waals surface area contributed by atoms with Crippen molar-refractivity contribution in [3.05, 3.63) is 47.1 Å². The highest BCUT2D eigenvalue weighted by molar-refractivity contribution is 5.96. The smallest absolute Gasteiger partial charge is 0.344 e. The van der Waals surface area contributed by atoms with Crippen molar-refractivity contribution in [2.45, 2.75) is 13.8 Å². The Morgan fingerprint density at radius 2 is 2.14 bits per heavy atom. The molecule has 7 heteroatoms. The summed E-state index contributed by atoms with van der Waals surface area (Å²) >= 11 is 0. The predicted molar refractivity (Wildman–Crippen MR) is 71.3 cm³/mol. The lowest BCUT2D eigenvalue weighted by molar-refractivity contribution is -0.119. The number of carbonyl (C=O) groups is 2. The Bertz CT molecular complexity index is 662. The normalized spacial score (nSPS) is 10.2. The van der Waals surface area contributed by atoms with Crippen molar-refractivity contribution in [2.75, 3.05) is 11.9 Å². The second-order valence-electron chi connectivity index (χ2n) is 4.33. The third kappa shape index (κ3) is 3.65. The summed E-state index contributed by atoms with van der Waals surface area (Å²) in [5.41, 5.74) is 0.880. The van der Waals surface area contributed by atoms with Crippen LogP contribution in [-0.2, 0) is 9.53 Å². The summed E-state index contributed by atoms with van der Waals surface area (Å²) in [6.07, 6.45) is 0. The SMILES string of the molecule is Cc1noc(C)c1C(=O)OCC(=O)Nc1cccc(F)c1. The molecule has 1 heterocycles. The van der Waals surface area contributed by atoms with Crippen molar-refractivity contribution >= 4 is 17.6 Å². The molecule has 0 radical (unpaired) electrons. The van der Waals surface area contributed by atoms with E-state index in [1.54, 1.807) is 13.8 Å². The van der Waals surface area contributed by atoms with Gasteiger partial charge in [-0.25, -0.2) is 9.18 Å². The van der Waals surface area contributed by atoms with Crippen molar-refractivity contribution in [1.29, 1.82) is 0 Å². The van der Waals surface area contributed by atoms with E-state index < -0.39 is 24.3 Å². The standard InChI is InChI=1S/C14H13FN2O4/c1-8-13(9(2)21-17-8)14(19)20-7-12(18)16-11-5-3-4-10(15)6-11/h3-6H,7H2,1-2H3,(H,16,18). The highest BCUT2D eigenvalue weighted by Crippen LogP contribution is 2.13. The van der Waals surface area contributed by atoms with E-state index in [0.717, 1.165) is 6.07 Å². The molecule has 0 unspecified atom stereocenters. The van der Waals surface area contributed by atoms with Crippen LogP contribution in [0.15, 0.2) is 28.8 Å². The van der Waals surface area contributed by atoms with Crippen molar-refractivity contribution in [2.24, 2.45) is 0 Å². The number of ether oxygens (including phenoxy) is 1. The summed E-state index contributed by atoms with van der Waals surface area (Å²) in [6.45, 7) is 2.68. The lowest BCUT2D eigenvalue weighted by atomic mass is 10.2. The number of nitrogens with one attached hydrogen (secondary N) is 1. The maximum atomic E-state index is 13.0. The highest BCUT2D eigenvalue weighted by Gasteiger charge is 2.19. The fraction of sp³-hybridized carbons (Fsp3) is 0.214. The van der Waals surface area contributed by atoms with Gasteiger partial charge in [-0.1, -0.05) is 11.2 Å². The van der Waals surface area contributed by atoms with E-state index in [4.69, 9.17) is 9.26 Å². The molecule has 0 aliphatic carbocycles. The Kier molecular flexibility index (Phi) is 4.32. The average molecular weight is 292 g/mol. The summed E-state index contributed by atoms with van der Waals surface area (Å²) in [5, 5.41) is 6.04. The molecule has 2 rings (SSSR count). The van der Waals surface area contributed by atoms with Crippen LogP contribution in [0.3, 0.4) is 0 Å². The number of hydrogen-bond donors (Lipinski definition) is 1. The maximum absolute atomic E-state index is 13.0. The third-order valence-corrected chi connectivity index (χ3v) is 2.68. The number of esters is 1. The Morgan fingerprint density at radius 3 is 2.76 bits per heavy atom. The highest BCUT2D eigenvalue weighted by atomic mass is 19.1. The average Bonchev–Trinajstić information content (AvgIpc) is 2.76. The van der Waals surface area contributed by atoms with Crippen LogP contribution in [0.4, 0.5) is 10.1 Å². The fourth-order valence-corrected chi connectivity index (χ4v) is 1.74. The molecule has 2 aromatic rings. The summed E-state index contributed by atoms with van der Waals surface area (Å²) in [7, 11) is 0. The van der Waals surface area contributed by atoms with E-state index in [2.05, 4.69) is 10.5 Å². The molecule has 110 valence electrons. The number of carbonyl (C=O) groups excluding carboxylic acids is 2. The number of hydrogen-bond acceptors (Lipinski definition) is 5. The molecule has 0 spiro atoms. The minimum atomic E-state index is -0.694. The number of aryl methyl sites for hydroxylation is 2. The molecule has 0 bridgehead atoms. The summed E-state index contributed by atoms with van der Waals surface area (Å²) in [5.74, 6) is -1.41. The van der Waals surface area contributed by atoms with Crippen LogP contribution in [0.1, 0.15) is 21.8 Å². The Hall–Kier alpha value is -2.70. The van der Waals surface area contributed by atoms with Crippen molar-refractivity contribution in [3.8, 4) is 0 Å². The minimum absolute atomic E-state index is 0.202. The molecule has 0 aliphatic heterocycles. The fourth-order valence-electron chi connectivity index (χ4n) is 1.74. The topological polar surface area (TPSA) is 81.4 Å². The van der Waals surface area contributed by atoms with Crippen molar-refractivity contribution in [1.82, 2.24) is 5.16 Å². The molecule has 1 aromatic heterocycles. The van der Waals surface area contributed by atoms with Crippen LogP contribution >= 0.6 is 0 Å². The first-order valence-corrected chi connectivity index (χ1v) is 6.13. The Morgan fingerprint density at radius 1 is 1.38 bits per heavy atom. The van der Waals surface area contributed by atoms with Crippen LogP contribution in [0.5, 0.6) is 0 Å². The third-order valence-electron chi connectivity index (χ3n) is 2.68. The zero-order chi connectivity index (χ0) is 15.4. The van der Waals surface area contributed by atoms with E-state index in [0.29, 0.717) is 11.5 Å². The van der Waals surface area contributed by atoms with Crippen molar-refractivity contribution < 1.29 is 23.2 Å². The van der Waals surface area contributed by atoms with Gasteiger partial charge in [0.05, 0.1) is 5.69 Å². The predicted octanol–water partition coefficient (Wildman–Crippen LogP) is 2.23. The van der Waals surface area contributed by atoms with Gasteiger partial charge in [-0.15, -0.1) is 0 Å². The molecular weight excluding hydrogens is 279 g/mol. The van der Waals surface area contributed by atoms with Gasteiger partial charge in [0.25, 0.3) is 5.91 Å². The van der Waals surface area contributed by atoms with E-state index in [-0.39, 0.29) is 11.3 Å². The molecule has 1 amide bonds. The van der Waals surface area contributed by atoms with Crippen LogP contribution in [0.2, 0.25) is 0 Å². The summed E-state index contributed by atoms with van der Waals surface area (Å²) in [6, 6.07) is 5.40. The maximum Gasteiger partial charge on any atom is 0.344 e. The monoisotopic (exact) mass is 292 g/mol. The number of benzene rings is 1. The molecule has 0 fully saturated rings. The number of amides is 1. The van der Waals surface area contributed by atoms with Gasteiger partial charge in [0.1, 0.15) is 17.1 Å². The van der Waals surface area contributed by atoms with Crippen LogP contribution in [0, 0.1) is 19.7 Å². The van der Waals surface area contributed by atoms with E-state index in [1.807, 2.05) is 0 Å².